The Morgan fingerprint density at radius 2 is 1.94 bits per heavy atom. The number of nitriles is 1. The minimum atomic E-state index is -0.585. The highest BCUT2D eigenvalue weighted by atomic mass is 16.5. The summed E-state index contributed by atoms with van der Waals surface area (Å²) in [5, 5.41) is 22.1. The summed E-state index contributed by atoms with van der Waals surface area (Å²) in [6.07, 6.45) is 5.23. The molecule has 2 aliphatic heterocycles. The number of pyridine rings is 1. The molecule has 1 aromatic heterocycles. The smallest absolute Gasteiger partial charge is 0.277 e. The zero-order chi connectivity index (χ0) is 22.5. The highest BCUT2D eigenvalue weighted by Gasteiger charge is 2.48. The van der Waals surface area contributed by atoms with Crippen LogP contribution in [0.1, 0.15) is 54.2 Å². The molecule has 1 aliphatic carbocycles. The van der Waals surface area contributed by atoms with E-state index in [2.05, 4.69) is 6.07 Å². The van der Waals surface area contributed by atoms with Crippen LogP contribution in [0.5, 0.6) is 5.75 Å². The van der Waals surface area contributed by atoms with Crippen LogP contribution in [0, 0.1) is 16.7 Å². The first kappa shape index (κ1) is 20.6. The monoisotopic (exact) mass is 434 g/mol. The first-order valence-corrected chi connectivity index (χ1v) is 11.0. The molecule has 1 amide bonds. The fraction of sp³-hybridized carbons (Fsp3) is 0.458. The molecule has 3 heterocycles. The Hall–Kier alpha value is -3.31. The Morgan fingerprint density at radius 3 is 2.59 bits per heavy atom. The van der Waals surface area contributed by atoms with E-state index >= 15 is 0 Å². The number of rotatable bonds is 4. The molecule has 0 spiro atoms. The Labute approximate surface area is 186 Å². The van der Waals surface area contributed by atoms with Crippen LogP contribution in [0.3, 0.4) is 0 Å². The number of carbonyl (C=O) groups excluding carboxylic acids is 1. The number of hydrogen-bond donors (Lipinski definition) is 1. The minimum absolute atomic E-state index is 0.0367. The molecule has 2 aromatic rings. The molecule has 0 radical (unpaired) electrons. The molecule has 8 nitrogen and oxygen atoms in total. The number of benzene rings is 1. The summed E-state index contributed by atoms with van der Waals surface area (Å²) >= 11 is 0. The van der Waals surface area contributed by atoms with Crippen molar-refractivity contribution in [1.29, 1.82) is 5.26 Å². The molecule has 1 saturated carbocycles. The number of amides is 1. The second kappa shape index (κ2) is 7.68. The van der Waals surface area contributed by atoms with Gasteiger partial charge in [-0.05, 0) is 31.2 Å². The minimum Gasteiger partial charge on any atom is -0.502 e. The molecule has 1 N–H and O–H groups in total. The van der Waals surface area contributed by atoms with E-state index in [1.54, 1.807) is 22.8 Å². The van der Waals surface area contributed by atoms with Crippen molar-refractivity contribution in [3.8, 4) is 11.8 Å². The zero-order valence-electron chi connectivity index (χ0n) is 18.0. The summed E-state index contributed by atoms with van der Waals surface area (Å²) in [4.78, 5) is 26.7. The number of aromatic hydroxyl groups is 1. The lowest BCUT2D eigenvalue weighted by molar-refractivity contribution is -0.0577. The Bertz CT molecular complexity index is 1130. The predicted molar refractivity (Wildman–Crippen MR) is 117 cm³/mol. The topological polar surface area (TPSA) is 98.8 Å². The van der Waals surface area contributed by atoms with Crippen LogP contribution in [-0.4, -0.2) is 46.5 Å². The van der Waals surface area contributed by atoms with E-state index in [-0.39, 0.29) is 29.9 Å². The van der Waals surface area contributed by atoms with E-state index in [0.717, 1.165) is 31.2 Å². The van der Waals surface area contributed by atoms with Gasteiger partial charge in [0, 0.05) is 19.3 Å². The van der Waals surface area contributed by atoms with E-state index in [1.807, 2.05) is 35.3 Å². The lowest BCUT2D eigenvalue weighted by Gasteiger charge is -2.54. The number of piperidine rings is 1. The van der Waals surface area contributed by atoms with E-state index in [9.17, 15) is 20.0 Å². The molecule has 32 heavy (non-hydrogen) atoms. The van der Waals surface area contributed by atoms with Crippen molar-refractivity contribution in [2.75, 3.05) is 18.7 Å². The average molecular weight is 434 g/mol. The Morgan fingerprint density at radius 1 is 1.19 bits per heavy atom. The molecule has 1 aromatic carbocycles. The van der Waals surface area contributed by atoms with Crippen LogP contribution in [0.15, 0.2) is 47.4 Å². The van der Waals surface area contributed by atoms with Crippen LogP contribution in [-0.2, 0) is 4.74 Å². The molecule has 5 rings (SSSR count). The fourth-order valence-electron chi connectivity index (χ4n) is 5.17. The second-order valence-corrected chi connectivity index (χ2v) is 9.03. The molecule has 3 aliphatic rings. The molecule has 2 fully saturated rings. The fourth-order valence-corrected chi connectivity index (χ4v) is 5.17. The maximum absolute atomic E-state index is 13.0. The van der Waals surface area contributed by atoms with Gasteiger partial charge in [0.25, 0.3) is 5.91 Å². The molecule has 0 bridgehead atoms. The van der Waals surface area contributed by atoms with Gasteiger partial charge in [-0.1, -0.05) is 36.8 Å². The van der Waals surface area contributed by atoms with Crippen LogP contribution >= 0.6 is 0 Å². The van der Waals surface area contributed by atoms with Gasteiger partial charge in [-0.15, -0.1) is 0 Å². The first-order chi connectivity index (χ1) is 15.5. The molecule has 8 heteroatoms. The van der Waals surface area contributed by atoms with Gasteiger partial charge >= 0.3 is 0 Å². The molecular weight excluding hydrogens is 408 g/mol. The van der Waals surface area contributed by atoms with Crippen molar-refractivity contribution in [2.24, 2.45) is 5.41 Å². The highest BCUT2D eigenvalue weighted by Crippen LogP contribution is 2.44. The summed E-state index contributed by atoms with van der Waals surface area (Å²) in [6, 6.07) is 13.4. The highest BCUT2D eigenvalue weighted by molar-refractivity contribution is 5.96. The largest absolute Gasteiger partial charge is 0.502 e. The van der Waals surface area contributed by atoms with Crippen molar-refractivity contribution in [2.45, 2.75) is 50.4 Å². The van der Waals surface area contributed by atoms with Crippen molar-refractivity contribution in [3.63, 3.8) is 0 Å². The van der Waals surface area contributed by atoms with E-state index < -0.39 is 16.6 Å². The molecule has 166 valence electrons. The Kier molecular flexibility index (Phi) is 4.94. The van der Waals surface area contributed by atoms with Crippen LogP contribution < -0.4 is 10.4 Å². The summed E-state index contributed by atoms with van der Waals surface area (Å²) in [7, 11) is 1.70. The van der Waals surface area contributed by atoms with E-state index in [4.69, 9.17) is 4.74 Å². The van der Waals surface area contributed by atoms with Gasteiger partial charge in [0.1, 0.15) is 6.17 Å². The third kappa shape index (κ3) is 3.07. The summed E-state index contributed by atoms with van der Waals surface area (Å²) in [5.74, 6) is -0.930. The lowest BCUT2D eigenvalue weighted by atomic mass is 9.70. The number of hydrogen-bond acceptors (Lipinski definition) is 6. The first-order valence-electron chi connectivity index (χ1n) is 11.0. The molecular formula is C24H26N4O4. The number of nitrogens with zero attached hydrogens (tertiary/aromatic N) is 4. The van der Waals surface area contributed by atoms with E-state index in [1.165, 1.54) is 6.07 Å². The number of fused-ring (bicyclic) bond motifs is 3. The Balaban J connectivity index is 1.59. The SMILES string of the molecule is CN1C(=O)c2c(O)c(=O)ccn2N2[C@H](c3ccccc3)[C@H](OCC3(C#N)CCC3)CC[C@@H]12. The van der Waals surface area contributed by atoms with Gasteiger partial charge in [0.2, 0.25) is 5.43 Å². The second-order valence-electron chi connectivity index (χ2n) is 9.03. The van der Waals surface area contributed by atoms with Crippen LogP contribution in [0.4, 0.5) is 0 Å². The van der Waals surface area contributed by atoms with Crippen LogP contribution in [0.25, 0.3) is 0 Å². The van der Waals surface area contributed by atoms with Crippen LogP contribution in [0.2, 0.25) is 0 Å². The number of ether oxygens (including phenoxy) is 1. The lowest BCUT2D eigenvalue weighted by Crippen LogP contribution is -2.65. The number of carbonyl (C=O) groups is 1. The summed E-state index contributed by atoms with van der Waals surface area (Å²) in [5.41, 5.74) is -0.0226. The zero-order valence-corrected chi connectivity index (χ0v) is 18.0. The predicted octanol–water partition coefficient (Wildman–Crippen LogP) is 2.52. The van der Waals surface area contributed by atoms with Gasteiger partial charge in [-0.3, -0.25) is 19.3 Å². The molecule has 0 unspecified atom stereocenters. The van der Waals surface area contributed by atoms with Crippen molar-refractivity contribution < 1.29 is 14.6 Å². The van der Waals surface area contributed by atoms with Gasteiger partial charge in [-0.25, -0.2) is 0 Å². The van der Waals surface area contributed by atoms with Gasteiger partial charge < -0.3 is 14.7 Å². The standard InChI is InChI=1S/C24H26N4O4/c1-26-19-9-8-18(32-15-24(14-25)11-5-12-24)20(16-6-3-2-4-7-16)28(19)27-13-10-17(29)22(30)21(27)23(26)31/h2-4,6-7,10,13,18-20,30H,5,8-9,11-12,15H2,1H3/t18-,19+,20-/m1/s1. The molecule has 1 saturated heterocycles. The van der Waals surface area contributed by atoms with Gasteiger partial charge in [0.15, 0.2) is 11.4 Å². The number of aromatic nitrogens is 1. The van der Waals surface area contributed by atoms with Crippen molar-refractivity contribution >= 4 is 5.91 Å². The van der Waals surface area contributed by atoms with Gasteiger partial charge in [0.05, 0.1) is 30.2 Å². The summed E-state index contributed by atoms with van der Waals surface area (Å²) in [6.45, 7) is 0.382. The summed E-state index contributed by atoms with van der Waals surface area (Å²) < 4.78 is 8.03. The van der Waals surface area contributed by atoms with Crippen molar-refractivity contribution in [3.05, 3.63) is 64.1 Å². The van der Waals surface area contributed by atoms with E-state index in [0.29, 0.717) is 13.0 Å². The maximum atomic E-state index is 13.0. The average Bonchev–Trinajstić information content (AvgIpc) is 2.79. The third-order valence-electron chi connectivity index (χ3n) is 7.19. The quantitative estimate of drug-likeness (QED) is 0.794. The van der Waals surface area contributed by atoms with Crippen molar-refractivity contribution in [1.82, 2.24) is 9.58 Å². The maximum Gasteiger partial charge on any atom is 0.277 e. The third-order valence-corrected chi connectivity index (χ3v) is 7.19. The molecule has 3 atom stereocenters. The normalized spacial score (nSPS) is 26.0. The van der Waals surface area contributed by atoms with Gasteiger partial charge in [-0.2, -0.15) is 5.26 Å².